The first-order valence-electron chi connectivity index (χ1n) is 9.40. The SMILES string of the molecule is O=C(COC(=O)c1ccc(S(=O)(=O)N2CCOCC2)cc1)Nc1ccccc1C(F)(F)F. The maximum absolute atomic E-state index is 13.0. The van der Waals surface area contributed by atoms with Gasteiger partial charge in [0, 0.05) is 13.1 Å². The summed E-state index contributed by atoms with van der Waals surface area (Å²) < 4.78 is 75.3. The van der Waals surface area contributed by atoms with Crippen molar-refractivity contribution in [3.63, 3.8) is 0 Å². The number of hydrogen-bond acceptors (Lipinski definition) is 6. The smallest absolute Gasteiger partial charge is 0.418 e. The summed E-state index contributed by atoms with van der Waals surface area (Å²) in [5, 5.41) is 2.06. The Morgan fingerprint density at radius 2 is 1.66 bits per heavy atom. The molecule has 0 spiro atoms. The lowest BCUT2D eigenvalue weighted by Gasteiger charge is -2.26. The number of amides is 1. The number of alkyl halides is 3. The van der Waals surface area contributed by atoms with Gasteiger partial charge in [0.2, 0.25) is 10.0 Å². The average molecular weight is 472 g/mol. The van der Waals surface area contributed by atoms with Crippen LogP contribution in [0.15, 0.2) is 53.4 Å². The first-order valence-corrected chi connectivity index (χ1v) is 10.8. The zero-order valence-electron chi connectivity index (χ0n) is 16.6. The molecule has 1 fully saturated rings. The molecule has 8 nitrogen and oxygen atoms in total. The van der Waals surface area contributed by atoms with Crippen LogP contribution in [-0.4, -0.2) is 57.5 Å². The van der Waals surface area contributed by atoms with E-state index in [1.54, 1.807) is 0 Å². The van der Waals surface area contributed by atoms with Crippen molar-refractivity contribution in [3.8, 4) is 0 Å². The lowest BCUT2D eigenvalue weighted by Crippen LogP contribution is -2.40. The van der Waals surface area contributed by atoms with Gasteiger partial charge in [-0.05, 0) is 36.4 Å². The van der Waals surface area contributed by atoms with E-state index in [4.69, 9.17) is 9.47 Å². The second kappa shape index (κ2) is 9.67. The van der Waals surface area contributed by atoms with Gasteiger partial charge in [-0.3, -0.25) is 4.79 Å². The van der Waals surface area contributed by atoms with Gasteiger partial charge in [0.1, 0.15) is 0 Å². The summed E-state index contributed by atoms with van der Waals surface area (Å²) in [5.41, 5.74) is -1.51. The second-order valence-electron chi connectivity index (χ2n) is 6.71. The van der Waals surface area contributed by atoms with Gasteiger partial charge >= 0.3 is 12.1 Å². The molecule has 1 N–H and O–H groups in total. The quantitative estimate of drug-likeness (QED) is 0.649. The van der Waals surface area contributed by atoms with Crippen LogP contribution in [0.5, 0.6) is 0 Å². The summed E-state index contributed by atoms with van der Waals surface area (Å²) in [4.78, 5) is 24.1. The highest BCUT2D eigenvalue weighted by Gasteiger charge is 2.33. The van der Waals surface area contributed by atoms with Crippen molar-refractivity contribution in [1.29, 1.82) is 0 Å². The lowest BCUT2D eigenvalue weighted by atomic mass is 10.1. The van der Waals surface area contributed by atoms with Gasteiger partial charge in [-0.2, -0.15) is 17.5 Å². The molecule has 1 saturated heterocycles. The van der Waals surface area contributed by atoms with Crippen molar-refractivity contribution < 1.29 is 40.7 Å². The molecule has 0 aliphatic carbocycles. The predicted molar refractivity (Wildman–Crippen MR) is 106 cm³/mol. The van der Waals surface area contributed by atoms with Crippen LogP contribution >= 0.6 is 0 Å². The third kappa shape index (κ3) is 5.64. The van der Waals surface area contributed by atoms with Crippen LogP contribution < -0.4 is 5.32 Å². The summed E-state index contributed by atoms with van der Waals surface area (Å²) in [6, 6.07) is 9.33. The zero-order valence-corrected chi connectivity index (χ0v) is 17.4. The Morgan fingerprint density at radius 1 is 1.03 bits per heavy atom. The molecule has 1 heterocycles. The number of halogens is 3. The van der Waals surface area contributed by atoms with E-state index in [9.17, 15) is 31.2 Å². The molecule has 0 unspecified atom stereocenters. The number of anilines is 1. The standard InChI is InChI=1S/C20H19F3N2O6S/c21-20(22,23)16-3-1-2-4-17(16)24-18(26)13-31-19(27)14-5-7-15(8-6-14)32(28,29)25-9-11-30-12-10-25/h1-8H,9-13H2,(H,24,26). The third-order valence-electron chi connectivity index (χ3n) is 4.54. The molecule has 0 aromatic heterocycles. The molecule has 0 atom stereocenters. The van der Waals surface area contributed by atoms with Crippen molar-refractivity contribution in [2.45, 2.75) is 11.1 Å². The van der Waals surface area contributed by atoms with Crippen LogP contribution in [0.4, 0.5) is 18.9 Å². The molecule has 1 aliphatic heterocycles. The average Bonchev–Trinajstić information content (AvgIpc) is 2.78. The van der Waals surface area contributed by atoms with Gasteiger partial charge in [0.25, 0.3) is 5.91 Å². The number of ether oxygens (including phenoxy) is 2. The molecule has 172 valence electrons. The molecule has 3 rings (SSSR count). The number of hydrogen-bond donors (Lipinski definition) is 1. The first-order chi connectivity index (χ1) is 15.1. The number of carbonyl (C=O) groups excluding carboxylic acids is 2. The fourth-order valence-electron chi connectivity index (χ4n) is 2.94. The second-order valence-corrected chi connectivity index (χ2v) is 8.65. The molecule has 2 aromatic carbocycles. The number of carbonyl (C=O) groups is 2. The normalized spacial score (nSPS) is 15.2. The number of rotatable bonds is 6. The first kappa shape index (κ1) is 23.7. The Hall–Kier alpha value is -2.96. The van der Waals surface area contributed by atoms with Crippen LogP contribution in [0.2, 0.25) is 0 Å². The Kier molecular flexibility index (Phi) is 7.16. The van der Waals surface area contributed by atoms with Crippen molar-refractivity contribution in [2.24, 2.45) is 0 Å². The zero-order chi connectivity index (χ0) is 23.4. The van der Waals surface area contributed by atoms with Gasteiger partial charge in [-0.1, -0.05) is 12.1 Å². The monoisotopic (exact) mass is 472 g/mol. The van der Waals surface area contributed by atoms with Crippen LogP contribution in [0.3, 0.4) is 0 Å². The number of nitrogens with zero attached hydrogens (tertiary/aromatic N) is 1. The maximum atomic E-state index is 13.0. The highest BCUT2D eigenvalue weighted by molar-refractivity contribution is 7.89. The van der Waals surface area contributed by atoms with Crippen molar-refractivity contribution >= 4 is 27.6 Å². The van der Waals surface area contributed by atoms with Gasteiger partial charge in [-0.25, -0.2) is 13.2 Å². The minimum Gasteiger partial charge on any atom is -0.452 e. The fraction of sp³-hybridized carbons (Fsp3) is 0.300. The van der Waals surface area contributed by atoms with Crippen molar-refractivity contribution in [2.75, 3.05) is 38.2 Å². The Bertz CT molecular complexity index is 1080. The van der Waals surface area contributed by atoms with Crippen LogP contribution in [0.1, 0.15) is 15.9 Å². The van der Waals surface area contributed by atoms with E-state index in [1.165, 1.54) is 40.7 Å². The van der Waals surface area contributed by atoms with Gasteiger partial charge in [0.15, 0.2) is 6.61 Å². The molecule has 0 saturated carbocycles. The number of nitrogens with one attached hydrogen (secondary N) is 1. The minimum atomic E-state index is -4.66. The van der Waals surface area contributed by atoms with E-state index in [1.807, 2.05) is 0 Å². The molecular weight excluding hydrogens is 453 g/mol. The Morgan fingerprint density at radius 3 is 2.28 bits per heavy atom. The number of esters is 1. The molecule has 0 bridgehead atoms. The summed E-state index contributed by atoms with van der Waals surface area (Å²) in [7, 11) is -3.74. The summed E-state index contributed by atoms with van der Waals surface area (Å²) in [5.74, 6) is -1.89. The van der Waals surface area contributed by atoms with Gasteiger partial charge in [-0.15, -0.1) is 0 Å². The van der Waals surface area contributed by atoms with E-state index >= 15 is 0 Å². The van der Waals surface area contributed by atoms with E-state index in [-0.39, 0.29) is 23.5 Å². The van der Waals surface area contributed by atoms with E-state index in [2.05, 4.69) is 5.32 Å². The van der Waals surface area contributed by atoms with Crippen molar-refractivity contribution in [1.82, 2.24) is 4.31 Å². The maximum Gasteiger partial charge on any atom is 0.418 e. The molecule has 12 heteroatoms. The number of morpholine rings is 1. The summed E-state index contributed by atoms with van der Waals surface area (Å²) in [6.07, 6.45) is -4.66. The third-order valence-corrected chi connectivity index (χ3v) is 6.45. The van der Waals surface area contributed by atoms with E-state index in [0.717, 1.165) is 12.1 Å². The summed E-state index contributed by atoms with van der Waals surface area (Å²) >= 11 is 0. The summed E-state index contributed by atoms with van der Waals surface area (Å²) in [6.45, 7) is 0.203. The Labute approximate surface area is 182 Å². The predicted octanol–water partition coefficient (Wildman–Crippen LogP) is 2.52. The molecule has 1 aliphatic rings. The van der Waals surface area contributed by atoms with E-state index < -0.39 is 45.9 Å². The van der Waals surface area contributed by atoms with Gasteiger partial charge < -0.3 is 14.8 Å². The minimum absolute atomic E-state index is 0.0162. The topological polar surface area (TPSA) is 102 Å². The van der Waals surface area contributed by atoms with Crippen molar-refractivity contribution in [3.05, 3.63) is 59.7 Å². The van der Waals surface area contributed by atoms with Crippen LogP contribution in [0, 0.1) is 0 Å². The van der Waals surface area contributed by atoms with Crippen LogP contribution in [0.25, 0.3) is 0 Å². The number of sulfonamides is 1. The highest BCUT2D eigenvalue weighted by atomic mass is 32.2. The number of benzene rings is 2. The molecule has 0 radical (unpaired) electrons. The lowest BCUT2D eigenvalue weighted by molar-refractivity contribution is -0.137. The highest BCUT2D eigenvalue weighted by Crippen LogP contribution is 2.34. The Balaban J connectivity index is 1.59. The molecule has 32 heavy (non-hydrogen) atoms. The van der Waals surface area contributed by atoms with Gasteiger partial charge in [0.05, 0.1) is 34.9 Å². The van der Waals surface area contributed by atoms with E-state index in [0.29, 0.717) is 13.2 Å². The molecular formula is C20H19F3N2O6S. The number of para-hydroxylation sites is 1. The van der Waals surface area contributed by atoms with Crippen LogP contribution in [-0.2, 0) is 30.5 Å². The molecule has 1 amide bonds. The largest absolute Gasteiger partial charge is 0.452 e. The fourth-order valence-corrected chi connectivity index (χ4v) is 4.35. The molecule has 2 aromatic rings.